The second kappa shape index (κ2) is 6.64. The number of carbonyl (C=O) groups is 2. The summed E-state index contributed by atoms with van der Waals surface area (Å²) in [5, 5.41) is 6.95. The van der Waals surface area contributed by atoms with Crippen molar-refractivity contribution < 1.29 is 18.7 Å². The van der Waals surface area contributed by atoms with Crippen LogP contribution < -0.4 is 5.32 Å². The van der Waals surface area contributed by atoms with Crippen LogP contribution in [0.5, 0.6) is 0 Å². The monoisotopic (exact) mass is 346 g/mol. The maximum atomic E-state index is 13.2. The summed E-state index contributed by atoms with van der Waals surface area (Å²) in [7, 11) is 3.32. The van der Waals surface area contributed by atoms with E-state index in [1.807, 2.05) is 6.92 Å². The molecule has 2 aromatic rings. The van der Waals surface area contributed by atoms with E-state index in [9.17, 15) is 14.0 Å². The topological polar surface area (TPSA) is 76.5 Å². The number of likely N-dealkylation sites (N-methyl/N-ethyl adjacent to an activating group) is 1. The standard InChI is InChI=1S/C17H19FN4O3/c1-10-8-13(22(3)20-10)19-17(24)16-15(21(2)14(23)9-25-16)11-4-6-12(18)7-5-11/h4-8,15-16H,9H2,1-3H3,(H,19,24)/t15-,16+/m0/s1. The molecule has 2 heterocycles. The molecule has 1 aliphatic heterocycles. The number of benzene rings is 1. The number of aromatic nitrogens is 2. The molecular weight excluding hydrogens is 327 g/mol. The fourth-order valence-corrected chi connectivity index (χ4v) is 2.91. The Bertz CT molecular complexity index is 803. The van der Waals surface area contributed by atoms with Crippen molar-refractivity contribution in [3.8, 4) is 0 Å². The first-order valence-corrected chi connectivity index (χ1v) is 7.81. The number of rotatable bonds is 3. The van der Waals surface area contributed by atoms with Crippen LogP contribution in [0, 0.1) is 12.7 Å². The predicted molar refractivity (Wildman–Crippen MR) is 88.2 cm³/mol. The molecule has 1 saturated heterocycles. The molecule has 2 amide bonds. The van der Waals surface area contributed by atoms with E-state index in [4.69, 9.17) is 4.74 Å². The number of carbonyl (C=O) groups excluding carboxylic acids is 2. The number of nitrogens with zero attached hydrogens (tertiary/aromatic N) is 3. The molecule has 1 aromatic carbocycles. The second-order valence-corrected chi connectivity index (χ2v) is 6.02. The molecule has 1 aromatic heterocycles. The smallest absolute Gasteiger partial charge is 0.257 e. The Morgan fingerprint density at radius 3 is 2.60 bits per heavy atom. The van der Waals surface area contributed by atoms with Crippen LogP contribution in [0.2, 0.25) is 0 Å². The number of amides is 2. The molecule has 2 atom stereocenters. The number of ether oxygens (including phenoxy) is 1. The van der Waals surface area contributed by atoms with Crippen molar-refractivity contribution in [2.45, 2.75) is 19.1 Å². The minimum Gasteiger partial charge on any atom is -0.356 e. The molecule has 1 fully saturated rings. The van der Waals surface area contributed by atoms with Gasteiger partial charge in [-0.25, -0.2) is 4.39 Å². The van der Waals surface area contributed by atoms with E-state index in [-0.39, 0.29) is 18.3 Å². The van der Waals surface area contributed by atoms with Crippen molar-refractivity contribution in [1.29, 1.82) is 0 Å². The summed E-state index contributed by atoms with van der Waals surface area (Å²) >= 11 is 0. The Morgan fingerprint density at radius 1 is 1.32 bits per heavy atom. The van der Waals surface area contributed by atoms with E-state index < -0.39 is 18.1 Å². The van der Waals surface area contributed by atoms with E-state index in [0.29, 0.717) is 11.4 Å². The first kappa shape index (κ1) is 17.1. The molecule has 0 saturated carbocycles. The highest BCUT2D eigenvalue weighted by Gasteiger charge is 2.40. The van der Waals surface area contributed by atoms with Gasteiger partial charge in [0.2, 0.25) is 5.91 Å². The van der Waals surface area contributed by atoms with Gasteiger partial charge in [0.1, 0.15) is 18.2 Å². The van der Waals surface area contributed by atoms with Crippen LogP contribution in [0.25, 0.3) is 0 Å². The van der Waals surface area contributed by atoms with Crippen molar-refractivity contribution in [2.75, 3.05) is 19.0 Å². The highest BCUT2D eigenvalue weighted by molar-refractivity contribution is 5.95. The molecule has 25 heavy (non-hydrogen) atoms. The van der Waals surface area contributed by atoms with Gasteiger partial charge in [-0.2, -0.15) is 5.10 Å². The predicted octanol–water partition coefficient (Wildman–Crippen LogP) is 1.40. The van der Waals surface area contributed by atoms with Crippen LogP contribution in [0.1, 0.15) is 17.3 Å². The zero-order chi connectivity index (χ0) is 18.1. The van der Waals surface area contributed by atoms with Crippen LogP contribution in [-0.4, -0.2) is 46.3 Å². The van der Waals surface area contributed by atoms with Crippen molar-refractivity contribution >= 4 is 17.6 Å². The number of morpholine rings is 1. The Kier molecular flexibility index (Phi) is 4.54. The lowest BCUT2D eigenvalue weighted by Crippen LogP contribution is -2.51. The molecule has 1 aliphatic rings. The second-order valence-electron chi connectivity index (χ2n) is 6.02. The number of anilines is 1. The molecular formula is C17H19FN4O3. The van der Waals surface area contributed by atoms with E-state index in [2.05, 4.69) is 10.4 Å². The van der Waals surface area contributed by atoms with Gasteiger partial charge in [-0.15, -0.1) is 0 Å². The van der Waals surface area contributed by atoms with Gasteiger partial charge in [0.05, 0.1) is 11.7 Å². The van der Waals surface area contributed by atoms with Gasteiger partial charge >= 0.3 is 0 Å². The van der Waals surface area contributed by atoms with Crippen LogP contribution in [0.3, 0.4) is 0 Å². The van der Waals surface area contributed by atoms with E-state index in [1.165, 1.54) is 17.0 Å². The Labute approximate surface area is 144 Å². The van der Waals surface area contributed by atoms with Crippen LogP contribution in [0.15, 0.2) is 30.3 Å². The summed E-state index contributed by atoms with van der Waals surface area (Å²) in [5.41, 5.74) is 1.39. The zero-order valence-electron chi connectivity index (χ0n) is 14.2. The average molecular weight is 346 g/mol. The third-order valence-electron chi connectivity index (χ3n) is 4.21. The van der Waals surface area contributed by atoms with Crippen molar-refractivity contribution in [3.63, 3.8) is 0 Å². The van der Waals surface area contributed by atoms with Crippen molar-refractivity contribution in [2.24, 2.45) is 7.05 Å². The highest BCUT2D eigenvalue weighted by atomic mass is 19.1. The summed E-state index contributed by atoms with van der Waals surface area (Å²) in [6, 6.07) is 6.78. The summed E-state index contributed by atoms with van der Waals surface area (Å²) in [4.78, 5) is 26.2. The lowest BCUT2D eigenvalue weighted by Gasteiger charge is -2.38. The lowest BCUT2D eigenvalue weighted by atomic mass is 9.97. The van der Waals surface area contributed by atoms with E-state index >= 15 is 0 Å². The molecule has 0 spiro atoms. The molecule has 7 nitrogen and oxygen atoms in total. The number of aryl methyl sites for hydroxylation is 2. The minimum atomic E-state index is -0.914. The maximum Gasteiger partial charge on any atom is 0.257 e. The van der Waals surface area contributed by atoms with Gasteiger partial charge in [-0.1, -0.05) is 12.1 Å². The third kappa shape index (κ3) is 3.39. The minimum absolute atomic E-state index is 0.184. The number of hydrogen-bond donors (Lipinski definition) is 1. The molecule has 3 rings (SSSR count). The van der Waals surface area contributed by atoms with Crippen molar-refractivity contribution in [3.05, 3.63) is 47.4 Å². The van der Waals surface area contributed by atoms with Gasteiger partial charge in [0.25, 0.3) is 5.91 Å². The van der Waals surface area contributed by atoms with E-state index in [0.717, 1.165) is 5.69 Å². The lowest BCUT2D eigenvalue weighted by molar-refractivity contribution is -0.160. The molecule has 0 bridgehead atoms. The Hall–Kier alpha value is -2.74. The van der Waals surface area contributed by atoms with Gasteiger partial charge in [0, 0.05) is 20.2 Å². The van der Waals surface area contributed by atoms with Gasteiger partial charge in [0.15, 0.2) is 6.10 Å². The number of hydrogen-bond acceptors (Lipinski definition) is 4. The maximum absolute atomic E-state index is 13.2. The summed E-state index contributed by atoms with van der Waals surface area (Å²) in [6.45, 7) is 1.64. The number of nitrogens with one attached hydrogen (secondary N) is 1. The molecule has 132 valence electrons. The van der Waals surface area contributed by atoms with Crippen LogP contribution in [-0.2, 0) is 21.4 Å². The van der Waals surface area contributed by atoms with Crippen LogP contribution >= 0.6 is 0 Å². The molecule has 0 radical (unpaired) electrons. The largest absolute Gasteiger partial charge is 0.356 e. The fourth-order valence-electron chi connectivity index (χ4n) is 2.91. The normalized spacial score (nSPS) is 20.6. The molecule has 0 unspecified atom stereocenters. The van der Waals surface area contributed by atoms with Gasteiger partial charge in [-0.3, -0.25) is 14.3 Å². The summed E-state index contributed by atoms with van der Waals surface area (Å²) in [5.74, 6) is -0.490. The third-order valence-corrected chi connectivity index (χ3v) is 4.21. The first-order chi connectivity index (χ1) is 11.9. The van der Waals surface area contributed by atoms with Crippen LogP contribution in [0.4, 0.5) is 10.2 Å². The first-order valence-electron chi connectivity index (χ1n) is 7.81. The number of halogens is 1. The SMILES string of the molecule is Cc1cc(NC(=O)[C@@H]2OCC(=O)N(C)[C@H]2c2ccc(F)cc2)n(C)n1. The Morgan fingerprint density at radius 2 is 2.00 bits per heavy atom. The summed E-state index contributed by atoms with van der Waals surface area (Å²) < 4.78 is 20.3. The van der Waals surface area contributed by atoms with Gasteiger partial charge < -0.3 is 15.0 Å². The summed E-state index contributed by atoms with van der Waals surface area (Å²) in [6.07, 6.45) is -0.914. The Balaban J connectivity index is 1.88. The highest BCUT2D eigenvalue weighted by Crippen LogP contribution is 2.30. The average Bonchev–Trinajstić information content (AvgIpc) is 2.88. The van der Waals surface area contributed by atoms with Gasteiger partial charge in [-0.05, 0) is 24.6 Å². The zero-order valence-corrected chi connectivity index (χ0v) is 14.2. The van der Waals surface area contributed by atoms with Crippen molar-refractivity contribution in [1.82, 2.24) is 14.7 Å². The molecule has 8 heteroatoms. The quantitative estimate of drug-likeness (QED) is 0.912. The molecule has 1 N–H and O–H groups in total. The fraction of sp³-hybridized carbons (Fsp3) is 0.353. The van der Waals surface area contributed by atoms with E-state index in [1.54, 1.807) is 37.0 Å². The molecule has 0 aliphatic carbocycles.